The van der Waals surface area contributed by atoms with Gasteiger partial charge in [0.2, 0.25) is 5.91 Å². The summed E-state index contributed by atoms with van der Waals surface area (Å²) in [7, 11) is -1.55. The number of ether oxygens (including phenoxy) is 2. The summed E-state index contributed by atoms with van der Waals surface area (Å²) in [5, 5.41) is 15.3. The molecule has 0 aromatic heterocycles. The van der Waals surface area contributed by atoms with Crippen LogP contribution in [0.3, 0.4) is 0 Å². The smallest absolute Gasteiger partial charge is 0.407 e. The fourth-order valence-corrected chi connectivity index (χ4v) is 6.48. The first-order valence-corrected chi connectivity index (χ1v) is 15.5. The van der Waals surface area contributed by atoms with Crippen molar-refractivity contribution in [2.75, 3.05) is 19.8 Å². The summed E-state index contributed by atoms with van der Waals surface area (Å²) in [6.07, 6.45) is 1.74. The van der Waals surface area contributed by atoms with Crippen LogP contribution in [-0.4, -0.2) is 80.6 Å². The number of carboxylic acids is 1. The number of β-lactam (4-membered cyclic amide) rings is 1. The van der Waals surface area contributed by atoms with Gasteiger partial charge in [-0.2, -0.15) is 0 Å². The highest BCUT2D eigenvalue weighted by molar-refractivity contribution is 6.48. The Hall–Kier alpha value is -3.12. The van der Waals surface area contributed by atoms with Crippen molar-refractivity contribution in [3.63, 3.8) is 0 Å². The summed E-state index contributed by atoms with van der Waals surface area (Å²) in [6, 6.07) is -1.10. The highest BCUT2D eigenvalue weighted by Crippen LogP contribution is 2.53. The zero-order chi connectivity index (χ0) is 28.8. The molecular weight excluding hydrogens is 510 g/mol. The van der Waals surface area contributed by atoms with E-state index >= 15 is 0 Å². The van der Waals surface area contributed by atoms with Gasteiger partial charge in [-0.25, -0.2) is 14.4 Å². The first kappa shape index (κ1) is 31.1. The van der Waals surface area contributed by atoms with Gasteiger partial charge in [0.25, 0.3) is 0 Å². The molecule has 0 bridgehead atoms. The van der Waals surface area contributed by atoms with Crippen molar-refractivity contribution < 1.29 is 38.2 Å². The van der Waals surface area contributed by atoms with E-state index < -0.39 is 44.8 Å². The quantitative estimate of drug-likeness (QED) is 0.180. The number of fused-ring (bicyclic) bond motifs is 1. The number of carbonyl (C=O) groups is 4. The lowest BCUT2D eigenvalue weighted by Crippen LogP contribution is -2.70. The predicted molar refractivity (Wildman–Crippen MR) is 144 cm³/mol. The van der Waals surface area contributed by atoms with Gasteiger partial charge in [0.15, 0.2) is 9.04 Å². The molecule has 11 nitrogen and oxygen atoms in total. The Morgan fingerprint density at radius 3 is 2.21 bits per heavy atom. The fraction of sp³-hybridized carbons (Fsp3) is 0.615. The molecule has 12 heteroatoms. The first-order chi connectivity index (χ1) is 17.7. The molecule has 0 aromatic carbocycles. The standard InChI is InChI=1S/C26H41N3O8Si/c1-9-11-35-23(33)27-15-17(28-24(34)36-12-10-2)13-16-14-18-19(21(30)29(18)20(16)22(31)32)26(6,25(3,4)5)37-38(7)8/h9-10,17-19,38H,1-2,11-15H2,3-8H3,(H,27,33)(H,28,34)(H,31,32)/t17-,18+,19+,26+/m0/s1. The maximum atomic E-state index is 13.5. The second-order valence-corrected chi connectivity index (χ2v) is 13.3. The van der Waals surface area contributed by atoms with E-state index in [2.05, 4.69) is 23.8 Å². The van der Waals surface area contributed by atoms with Gasteiger partial charge >= 0.3 is 18.2 Å². The van der Waals surface area contributed by atoms with Crippen molar-refractivity contribution in [3.8, 4) is 0 Å². The minimum atomic E-state index is -1.55. The molecule has 3 amide bonds. The molecule has 2 heterocycles. The molecular formula is C26H41N3O8Si. The molecule has 1 fully saturated rings. The Bertz CT molecular complexity index is 989. The summed E-state index contributed by atoms with van der Waals surface area (Å²) in [4.78, 5) is 51.3. The number of nitrogens with one attached hydrogen (secondary N) is 2. The van der Waals surface area contributed by atoms with Crippen LogP contribution < -0.4 is 10.6 Å². The van der Waals surface area contributed by atoms with Gasteiger partial charge in [0, 0.05) is 6.54 Å². The van der Waals surface area contributed by atoms with Gasteiger partial charge in [-0.3, -0.25) is 4.79 Å². The van der Waals surface area contributed by atoms with E-state index in [9.17, 15) is 24.3 Å². The van der Waals surface area contributed by atoms with Crippen LogP contribution in [0.4, 0.5) is 9.59 Å². The largest absolute Gasteiger partial charge is 0.477 e. The number of nitrogens with zero attached hydrogens (tertiary/aromatic N) is 1. The van der Waals surface area contributed by atoms with Crippen LogP contribution in [0.1, 0.15) is 40.5 Å². The molecule has 212 valence electrons. The fourth-order valence-electron chi connectivity index (χ4n) is 5.00. The highest BCUT2D eigenvalue weighted by atomic mass is 28.3. The number of hydrogen-bond donors (Lipinski definition) is 3. The van der Waals surface area contributed by atoms with Gasteiger partial charge < -0.3 is 34.5 Å². The summed E-state index contributed by atoms with van der Waals surface area (Å²) in [6.45, 7) is 19.0. The van der Waals surface area contributed by atoms with Crippen LogP contribution in [0.2, 0.25) is 13.1 Å². The zero-order valence-electron chi connectivity index (χ0n) is 23.2. The monoisotopic (exact) mass is 551 g/mol. The second-order valence-electron chi connectivity index (χ2n) is 10.9. The van der Waals surface area contributed by atoms with E-state index in [4.69, 9.17) is 13.9 Å². The minimum absolute atomic E-state index is 0.00755. The third kappa shape index (κ3) is 6.84. The zero-order valence-corrected chi connectivity index (χ0v) is 24.3. The van der Waals surface area contributed by atoms with Crippen LogP contribution in [0.15, 0.2) is 36.6 Å². The number of hydrogen-bond acceptors (Lipinski definition) is 7. The van der Waals surface area contributed by atoms with Gasteiger partial charge in [-0.05, 0) is 43.8 Å². The maximum Gasteiger partial charge on any atom is 0.407 e. The SMILES string of the molecule is C=CCOC(=O)NC[C@H](CC1=C(C(=O)O)N2C(=O)[C@H]([C@@](C)(O[SiH](C)C)C(C)(C)C)[C@H]2C1)NC(=O)OCC=C. The van der Waals surface area contributed by atoms with E-state index in [1.54, 1.807) is 0 Å². The van der Waals surface area contributed by atoms with Crippen molar-refractivity contribution in [3.05, 3.63) is 36.6 Å². The number of amides is 3. The Morgan fingerprint density at radius 1 is 1.13 bits per heavy atom. The van der Waals surface area contributed by atoms with Crippen molar-refractivity contribution in [1.29, 1.82) is 0 Å². The van der Waals surface area contributed by atoms with Crippen LogP contribution in [0, 0.1) is 11.3 Å². The third-order valence-electron chi connectivity index (χ3n) is 6.99. The lowest BCUT2D eigenvalue weighted by Gasteiger charge is -2.57. The van der Waals surface area contributed by atoms with Gasteiger partial charge in [-0.1, -0.05) is 46.1 Å². The molecule has 0 saturated carbocycles. The molecule has 1 saturated heterocycles. The van der Waals surface area contributed by atoms with Crippen molar-refractivity contribution in [2.45, 2.75) is 71.3 Å². The lowest BCUT2D eigenvalue weighted by atomic mass is 9.63. The summed E-state index contributed by atoms with van der Waals surface area (Å²) in [5.41, 5.74) is -0.758. The first-order valence-electron chi connectivity index (χ1n) is 12.7. The Kier molecular flexibility index (Phi) is 10.3. The van der Waals surface area contributed by atoms with Gasteiger partial charge in [-0.15, -0.1) is 0 Å². The molecule has 4 atom stereocenters. The molecule has 2 aliphatic heterocycles. The normalized spacial score (nSPS) is 21.1. The van der Waals surface area contributed by atoms with E-state index in [1.807, 2.05) is 40.8 Å². The van der Waals surface area contributed by atoms with Crippen LogP contribution in [-0.2, 0) is 23.5 Å². The average Bonchev–Trinajstić information content (AvgIpc) is 3.12. The topological polar surface area (TPSA) is 144 Å². The van der Waals surface area contributed by atoms with E-state index in [-0.39, 0.29) is 49.2 Å². The molecule has 0 spiro atoms. The molecule has 0 aromatic rings. The van der Waals surface area contributed by atoms with E-state index in [0.717, 1.165) is 0 Å². The number of alkyl carbamates (subject to hydrolysis) is 2. The third-order valence-corrected chi connectivity index (χ3v) is 7.95. The van der Waals surface area contributed by atoms with Crippen LogP contribution in [0.5, 0.6) is 0 Å². The Morgan fingerprint density at radius 2 is 1.71 bits per heavy atom. The molecule has 0 unspecified atom stereocenters. The average molecular weight is 552 g/mol. The summed E-state index contributed by atoms with van der Waals surface area (Å²) < 4.78 is 16.4. The van der Waals surface area contributed by atoms with Crippen molar-refractivity contribution >= 4 is 33.1 Å². The van der Waals surface area contributed by atoms with Crippen molar-refractivity contribution in [2.24, 2.45) is 11.3 Å². The minimum Gasteiger partial charge on any atom is -0.477 e. The molecule has 0 aliphatic carbocycles. The number of carboxylic acid groups (broad SMARTS) is 1. The number of rotatable bonds is 13. The van der Waals surface area contributed by atoms with E-state index in [0.29, 0.717) is 12.0 Å². The summed E-state index contributed by atoms with van der Waals surface area (Å²) >= 11 is 0. The van der Waals surface area contributed by atoms with Gasteiger partial charge in [0.1, 0.15) is 18.9 Å². The molecule has 3 N–H and O–H groups in total. The maximum absolute atomic E-state index is 13.5. The number of aliphatic carboxylic acids is 1. The second kappa shape index (κ2) is 12.6. The van der Waals surface area contributed by atoms with Crippen LogP contribution >= 0.6 is 0 Å². The van der Waals surface area contributed by atoms with Crippen LogP contribution in [0.25, 0.3) is 0 Å². The highest BCUT2D eigenvalue weighted by Gasteiger charge is 2.64. The molecule has 38 heavy (non-hydrogen) atoms. The number of carbonyl (C=O) groups excluding carboxylic acids is 3. The van der Waals surface area contributed by atoms with E-state index in [1.165, 1.54) is 17.1 Å². The molecule has 2 rings (SSSR count). The summed E-state index contributed by atoms with van der Waals surface area (Å²) in [5.74, 6) is -2.02. The van der Waals surface area contributed by atoms with Gasteiger partial charge in [0.05, 0.1) is 23.6 Å². The predicted octanol–water partition coefficient (Wildman–Crippen LogP) is 2.94. The molecule has 0 radical (unpaired) electrons. The van der Waals surface area contributed by atoms with Crippen molar-refractivity contribution in [1.82, 2.24) is 15.5 Å². The Balaban J connectivity index is 2.31. The Labute approximate surface area is 226 Å². The molecule has 2 aliphatic rings. The lowest BCUT2D eigenvalue weighted by molar-refractivity contribution is -0.180.